The Bertz CT molecular complexity index is 336. The van der Waals surface area contributed by atoms with Crippen molar-refractivity contribution in [1.82, 2.24) is 0 Å². The molecule has 0 fully saturated rings. The minimum atomic E-state index is -0.0533. The van der Waals surface area contributed by atoms with Crippen LogP contribution in [0.4, 0.5) is 0 Å². The largest absolute Gasteiger partial charge is 0.493 e. The smallest absolute Gasteiger partial charge is 0.127 e. The van der Waals surface area contributed by atoms with Gasteiger partial charge in [-0.15, -0.1) is 0 Å². The summed E-state index contributed by atoms with van der Waals surface area (Å²) < 4.78 is 5.39. The molecular weight excluding hydrogens is 188 g/mol. The van der Waals surface area contributed by atoms with Gasteiger partial charge in [0.25, 0.3) is 0 Å². The zero-order chi connectivity index (χ0) is 9.26. The summed E-state index contributed by atoms with van der Waals surface area (Å²) in [7, 11) is 0. The maximum Gasteiger partial charge on any atom is 0.127 e. The summed E-state index contributed by atoms with van der Waals surface area (Å²) in [5.74, 6) is 0.732. The molecule has 1 aliphatic rings. The molecule has 2 rings (SSSR count). The van der Waals surface area contributed by atoms with Crippen molar-refractivity contribution in [1.29, 1.82) is 0 Å². The van der Waals surface area contributed by atoms with Crippen molar-refractivity contribution >= 4 is 17.9 Å². The highest BCUT2D eigenvalue weighted by Crippen LogP contribution is 2.34. The maximum atomic E-state index is 10.7. The average molecular weight is 197 g/mol. The van der Waals surface area contributed by atoms with E-state index in [1.807, 2.05) is 6.07 Å². The molecule has 1 aromatic carbocycles. The van der Waals surface area contributed by atoms with E-state index in [1.54, 1.807) is 12.1 Å². The van der Waals surface area contributed by atoms with Gasteiger partial charge in [0.05, 0.1) is 6.61 Å². The molecule has 0 amide bonds. The Labute approximate surface area is 81.5 Å². The van der Waals surface area contributed by atoms with Crippen molar-refractivity contribution < 1.29 is 9.53 Å². The topological polar surface area (TPSA) is 26.3 Å². The van der Waals surface area contributed by atoms with Crippen molar-refractivity contribution in [2.45, 2.75) is 12.3 Å². The first-order chi connectivity index (χ1) is 6.31. The van der Waals surface area contributed by atoms with Gasteiger partial charge in [-0.25, -0.2) is 0 Å². The lowest BCUT2D eigenvalue weighted by Gasteiger charge is -2.21. The monoisotopic (exact) mass is 196 g/mol. The number of fused-ring (bicyclic) bond motifs is 1. The van der Waals surface area contributed by atoms with Crippen LogP contribution in [0.5, 0.6) is 5.75 Å². The van der Waals surface area contributed by atoms with E-state index in [9.17, 15) is 4.79 Å². The maximum absolute atomic E-state index is 10.7. The summed E-state index contributed by atoms with van der Waals surface area (Å²) in [6.45, 7) is 0.609. The Hall–Kier alpha value is -1.02. The molecule has 3 heteroatoms. The third kappa shape index (κ3) is 1.54. The Morgan fingerprint density at radius 2 is 2.38 bits per heavy atom. The molecule has 0 saturated carbocycles. The first kappa shape index (κ1) is 8.57. The van der Waals surface area contributed by atoms with Crippen LogP contribution in [0.15, 0.2) is 18.2 Å². The molecule has 0 N–H and O–H groups in total. The zero-order valence-electron chi connectivity index (χ0n) is 7.00. The number of aldehydes is 1. The number of benzene rings is 1. The fourth-order valence-electron chi connectivity index (χ4n) is 1.53. The van der Waals surface area contributed by atoms with E-state index < -0.39 is 0 Å². The van der Waals surface area contributed by atoms with Crippen molar-refractivity contribution in [3.05, 3.63) is 28.8 Å². The first-order valence-corrected chi connectivity index (χ1v) is 4.56. The van der Waals surface area contributed by atoms with Crippen molar-refractivity contribution in [3.63, 3.8) is 0 Å². The van der Waals surface area contributed by atoms with Crippen LogP contribution in [-0.4, -0.2) is 12.9 Å². The van der Waals surface area contributed by atoms with Crippen molar-refractivity contribution in [3.8, 4) is 5.75 Å². The summed E-state index contributed by atoms with van der Waals surface area (Å²) in [4.78, 5) is 10.7. The van der Waals surface area contributed by atoms with Crippen LogP contribution in [0.25, 0.3) is 0 Å². The number of rotatable bonds is 1. The number of hydrogen-bond donors (Lipinski definition) is 0. The van der Waals surface area contributed by atoms with Crippen LogP contribution >= 0.6 is 11.6 Å². The molecule has 13 heavy (non-hydrogen) atoms. The molecule has 0 radical (unpaired) electrons. The second-order valence-corrected chi connectivity index (χ2v) is 3.50. The first-order valence-electron chi connectivity index (χ1n) is 4.19. The summed E-state index contributed by atoms with van der Waals surface area (Å²) >= 11 is 5.83. The van der Waals surface area contributed by atoms with E-state index in [0.717, 1.165) is 24.0 Å². The molecule has 68 valence electrons. The molecule has 2 nitrogen and oxygen atoms in total. The summed E-state index contributed by atoms with van der Waals surface area (Å²) in [6, 6.07) is 5.38. The van der Waals surface area contributed by atoms with Gasteiger partial charge in [-0.1, -0.05) is 11.6 Å². The Balaban J connectivity index is 2.47. The molecule has 0 bridgehead atoms. The lowest BCUT2D eigenvalue weighted by atomic mass is 9.95. The van der Waals surface area contributed by atoms with Crippen LogP contribution in [0, 0.1) is 0 Å². The Morgan fingerprint density at radius 3 is 3.15 bits per heavy atom. The van der Waals surface area contributed by atoms with E-state index in [-0.39, 0.29) is 5.92 Å². The van der Waals surface area contributed by atoms with Crippen LogP contribution in [0.2, 0.25) is 5.02 Å². The quantitative estimate of drug-likeness (QED) is 0.645. The van der Waals surface area contributed by atoms with Crippen LogP contribution in [0.3, 0.4) is 0 Å². The highest BCUT2D eigenvalue weighted by Gasteiger charge is 2.20. The van der Waals surface area contributed by atoms with Crippen molar-refractivity contribution in [2.75, 3.05) is 6.61 Å². The van der Waals surface area contributed by atoms with Crippen LogP contribution < -0.4 is 4.74 Å². The number of hydrogen-bond acceptors (Lipinski definition) is 2. The predicted octanol–water partition coefficient (Wildman–Crippen LogP) is 2.41. The second kappa shape index (κ2) is 3.38. The van der Waals surface area contributed by atoms with E-state index >= 15 is 0 Å². The molecule has 0 saturated heterocycles. The van der Waals surface area contributed by atoms with E-state index in [1.165, 1.54) is 0 Å². The standard InChI is InChI=1S/C10H9ClO2/c11-8-1-2-10-9(5-8)7(6-12)3-4-13-10/h1-2,5-7H,3-4H2. The summed E-state index contributed by atoms with van der Waals surface area (Å²) in [5.41, 5.74) is 0.911. The van der Waals surface area contributed by atoms with Crippen molar-refractivity contribution in [2.24, 2.45) is 0 Å². The molecular formula is C10H9ClO2. The molecule has 1 heterocycles. The Morgan fingerprint density at radius 1 is 1.54 bits per heavy atom. The third-order valence-electron chi connectivity index (χ3n) is 2.22. The van der Waals surface area contributed by atoms with E-state index in [4.69, 9.17) is 16.3 Å². The third-order valence-corrected chi connectivity index (χ3v) is 2.46. The number of carbonyl (C=O) groups excluding carboxylic acids is 1. The number of carbonyl (C=O) groups is 1. The average Bonchev–Trinajstić information content (AvgIpc) is 2.17. The molecule has 1 aliphatic heterocycles. The van der Waals surface area contributed by atoms with Gasteiger partial charge in [0.1, 0.15) is 12.0 Å². The molecule has 1 unspecified atom stereocenters. The molecule has 0 aromatic heterocycles. The van der Waals surface area contributed by atoms with Gasteiger partial charge in [0.15, 0.2) is 0 Å². The minimum Gasteiger partial charge on any atom is -0.493 e. The highest BCUT2D eigenvalue weighted by molar-refractivity contribution is 6.30. The van der Waals surface area contributed by atoms with Gasteiger partial charge in [0.2, 0.25) is 0 Å². The normalized spacial score (nSPS) is 20.2. The highest BCUT2D eigenvalue weighted by atomic mass is 35.5. The molecule has 0 spiro atoms. The lowest BCUT2D eigenvalue weighted by Crippen LogP contribution is -2.14. The fourth-order valence-corrected chi connectivity index (χ4v) is 1.71. The van der Waals surface area contributed by atoms with Gasteiger partial charge in [-0.2, -0.15) is 0 Å². The second-order valence-electron chi connectivity index (χ2n) is 3.06. The molecule has 1 aromatic rings. The molecule has 0 aliphatic carbocycles. The van der Waals surface area contributed by atoms with Gasteiger partial charge in [-0.05, 0) is 24.6 Å². The van der Waals surface area contributed by atoms with Crippen LogP contribution in [0.1, 0.15) is 17.9 Å². The summed E-state index contributed by atoms with van der Waals surface area (Å²) in [5, 5.41) is 0.649. The predicted molar refractivity (Wildman–Crippen MR) is 50.4 cm³/mol. The van der Waals surface area contributed by atoms with Gasteiger partial charge < -0.3 is 9.53 Å². The van der Waals surface area contributed by atoms with E-state index in [0.29, 0.717) is 11.6 Å². The zero-order valence-corrected chi connectivity index (χ0v) is 7.75. The van der Waals surface area contributed by atoms with Gasteiger partial charge >= 0.3 is 0 Å². The number of halogens is 1. The SMILES string of the molecule is O=CC1CCOc2ccc(Cl)cc21. The lowest BCUT2D eigenvalue weighted by molar-refractivity contribution is -0.109. The van der Waals surface area contributed by atoms with Crippen LogP contribution in [-0.2, 0) is 4.79 Å². The fraction of sp³-hybridized carbons (Fsp3) is 0.300. The minimum absolute atomic E-state index is 0.0533. The summed E-state index contributed by atoms with van der Waals surface area (Å²) in [6.07, 6.45) is 1.70. The van der Waals surface area contributed by atoms with Gasteiger partial charge in [0, 0.05) is 16.5 Å². The van der Waals surface area contributed by atoms with Gasteiger partial charge in [-0.3, -0.25) is 0 Å². The Kier molecular flexibility index (Phi) is 2.23. The van der Waals surface area contributed by atoms with E-state index in [2.05, 4.69) is 0 Å². The molecule has 1 atom stereocenters. The number of ether oxygens (including phenoxy) is 1.